The third-order valence-electron chi connectivity index (χ3n) is 3.60. The summed E-state index contributed by atoms with van der Waals surface area (Å²) in [6.07, 6.45) is 1.84. The van der Waals surface area contributed by atoms with E-state index < -0.39 is 0 Å². The number of anilines is 2. The average molecular weight is 351 g/mol. The number of nitrogens with one attached hydrogen (secondary N) is 3. The number of urea groups is 1. The van der Waals surface area contributed by atoms with Crippen molar-refractivity contribution in [1.82, 2.24) is 25.3 Å². The van der Waals surface area contributed by atoms with E-state index in [1.807, 2.05) is 62.5 Å². The lowest BCUT2D eigenvalue weighted by Gasteiger charge is -2.09. The molecule has 0 aliphatic heterocycles. The van der Waals surface area contributed by atoms with Crippen LogP contribution in [0.25, 0.3) is 5.82 Å². The van der Waals surface area contributed by atoms with Crippen LogP contribution in [0.2, 0.25) is 0 Å². The van der Waals surface area contributed by atoms with Crippen LogP contribution in [-0.2, 0) is 0 Å². The van der Waals surface area contributed by atoms with Gasteiger partial charge in [-0.2, -0.15) is 5.10 Å². The zero-order valence-electron chi connectivity index (χ0n) is 14.7. The number of hydrogen-bond donors (Lipinski definition) is 3. The molecule has 8 nitrogen and oxygen atoms in total. The first-order chi connectivity index (χ1) is 12.6. The molecule has 0 radical (unpaired) electrons. The largest absolute Gasteiger partial charge is 0.367 e. The highest BCUT2D eigenvalue weighted by Crippen LogP contribution is 2.09. The first-order valence-electron chi connectivity index (χ1n) is 8.32. The van der Waals surface area contributed by atoms with Gasteiger partial charge in [0, 0.05) is 25.0 Å². The topological polar surface area (TPSA) is 96.8 Å². The Bertz CT molecular complexity index is 873. The van der Waals surface area contributed by atoms with Crippen LogP contribution in [0.4, 0.5) is 16.3 Å². The molecular weight excluding hydrogens is 330 g/mol. The predicted molar refractivity (Wildman–Crippen MR) is 101 cm³/mol. The Morgan fingerprint density at radius 3 is 2.65 bits per heavy atom. The second-order valence-corrected chi connectivity index (χ2v) is 5.86. The van der Waals surface area contributed by atoms with Crippen LogP contribution in [0.5, 0.6) is 0 Å². The minimum absolute atomic E-state index is 0.243. The molecule has 0 saturated heterocycles. The third kappa shape index (κ3) is 4.79. The molecule has 2 heterocycles. The molecule has 3 rings (SSSR count). The number of hydrogen-bond acceptors (Lipinski definition) is 5. The van der Waals surface area contributed by atoms with Gasteiger partial charge >= 0.3 is 6.03 Å². The number of benzene rings is 1. The van der Waals surface area contributed by atoms with E-state index in [4.69, 9.17) is 0 Å². The molecule has 0 aliphatic rings. The minimum Gasteiger partial charge on any atom is -0.367 e. The van der Waals surface area contributed by atoms with Crippen LogP contribution in [-0.4, -0.2) is 39.1 Å². The van der Waals surface area contributed by atoms with Gasteiger partial charge in [-0.3, -0.25) is 0 Å². The van der Waals surface area contributed by atoms with E-state index in [1.54, 1.807) is 4.68 Å². The normalized spacial score (nSPS) is 10.4. The number of aromatic nitrogens is 4. The van der Waals surface area contributed by atoms with Crippen molar-refractivity contribution >= 4 is 17.5 Å². The molecule has 2 amide bonds. The van der Waals surface area contributed by atoms with Gasteiger partial charge in [0.2, 0.25) is 0 Å². The van der Waals surface area contributed by atoms with E-state index in [1.165, 1.54) is 0 Å². The summed E-state index contributed by atoms with van der Waals surface area (Å²) in [5.74, 6) is 1.29. The lowest BCUT2D eigenvalue weighted by Crippen LogP contribution is -2.32. The van der Waals surface area contributed by atoms with Crippen LogP contribution in [0.3, 0.4) is 0 Å². The SMILES string of the molecule is Cc1cccc(NC(=O)NCCNc2ccc(-n3ccc(C)n3)nn2)c1. The summed E-state index contributed by atoms with van der Waals surface area (Å²) < 4.78 is 1.67. The Balaban J connectivity index is 1.41. The summed E-state index contributed by atoms with van der Waals surface area (Å²) in [7, 11) is 0. The van der Waals surface area contributed by atoms with Crippen LogP contribution in [0, 0.1) is 13.8 Å². The Labute approximate surface area is 151 Å². The van der Waals surface area contributed by atoms with E-state index in [-0.39, 0.29) is 6.03 Å². The third-order valence-corrected chi connectivity index (χ3v) is 3.60. The maximum absolute atomic E-state index is 11.9. The zero-order chi connectivity index (χ0) is 18.4. The van der Waals surface area contributed by atoms with Gasteiger partial charge in [-0.15, -0.1) is 10.2 Å². The van der Waals surface area contributed by atoms with Crippen molar-refractivity contribution in [2.45, 2.75) is 13.8 Å². The first-order valence-corrected chi connectivity index (χ1v) is 8.32. The summed E-state index contributed by atoms with van der Waals surface area (Å²) in [5.41, 5.74) is 2.78. The summed E-state index contributed by atoms with van der Waals surface area (Å²) in [5, 5.41) is 21.2. The standard InChI is InChI=1S/C18H21N7O/c1-13-4-3-5-15(12-13)21-18(26)20-10-9-19-16-6-7-17(23-22-16)25-11-8-14(2)24-25/h3-8,11-12H,9-10H2,1-2H3,(H,19,22)(H2,20,21,26). The van der Waals surface area contributed by atoms with Crippen molar-refractivity contribution in [3.05, 3.63) is 59.9 Å². The minimum atomic E-state index is -0.243. The zero-order valence-corrected chi connectivity index (χ0v) is 14.7. The van der Waals surface area contributed by atoms with Crippen LogP contribution >= 0.6 is 0 Å². The molecule has 8 heteroatoms. The molecular formula is C18H21N7O. The number of rotatable bonds is 6. The predicted octanol–water partition coefficient (Wildman–Crippen LogP) is 2.51. The van der Waals surface area contributed by atoms with E-state index in [2.05, 4.69) is 31.2 Å². The van der Waals surface area contributed by atoms with E-state index in [9.17, 15) is 4.79 Å². The van der Waals surface area contributed by atoms with Gasteiger partial charge in [0.15, 0.2) is 5.82 Å². The van der Waals surface area contributed by atoms with Crippen molar-refractivity contribution in [2.75, 3.05) is 23.7 Å². The molecule has 1 aromatic carbocycles. The molecule has 3 aromatic rings. The monoisotopic (exact) mass is 351 g/mol. The van der Waals surface area contributed by atoms with Crippen molar-refractivity contribution < 1.29 is 4.79 Å². The molecule has 0 aliphatic carbocycles. The van der Waals surface area contributed by atoms with Crippen molar-refractivity contribution in [2.24, 2.45) is 0 Å². The Morgan fingerprint density at radius 2 is 1.96 bits per heavy atom. The Hall–Kier alpha value is -3.42. The van der Waals surface area contributed by atoms with E-state index in [0.717, 1.165) is 16.9 Å². The van der Waals surface area contributed by atoms with E-state index in [0.29, 0.717) is 24.7 Å². The molecule has 0 spiro atoms. The molecule has 26 heavy (non-hydrogen) atoms. The van der Waals surface area contributed by atoms with Gasteiger partial charge in [0.25, 0.3) is 0 Å². The molecule has 0 unspecified atom stereocenters. The van der Waals surface area contributed by atoms with E-state index >= 15 is 0 Å². The number of amides is 2. The first kappa shape index (κ1) is 17.4. The Kier molecular flexibility index (Phi) is 5.43. The molecule has 134 valence electrons. The average Bonchev–Trinajstić information content (AvgIpc) is 3.06. The lowest BCUT2D eigenvalue weighted by atomic mass is 10.2. The molecule has 0 atom stereocenters. The van der Waals surface area contributed by atoms with Gasteiger partial charge in [-0.05, 0) is 49.7 Å². The van der Waals surface area contributed by atoms with Crippen molar-refractivity contribution in [1.29, 1.82) is 0 Å². The fraction of sp³-hybridized carbons (Fsp3) is 0.222. The van der Waals surface area contributed by atoms with Crippen molar-refractivity contribution in [3.8, 4) is 5.82 Å². The Morgan fingerprint density at radius 1 is 1.08 bits per heavy atom. The highest BCUT2D eigenvalue weighted by atomic mass is 16.2. The fourth-order valence-corrected chi connectivity index (χ4v) is 2.35. The molecule has 2 aromatic heterocycles. The number of carbonyl (C=O) groups excluding carboxylic acids is 1. The van der Waals surface area contributed by atoms with Gasteiger partial charge in [0.1, 0.15) is 5.82 Å². The number of nitrogens with zero attached hydrogens (tertiary/aromatic N) is 4. The molecule has 0 saturated carbocycles. The molecule has 0 bridgehead atoms. The van der Waals surface area contributed by atoms with Crippen LogP contribution in [0.1, 0.15) is 11.3 Å². The van der Waals surface area contributed by atoms with Crippen LogP contribution < -0.4 is 16.0 Å². The summed E-state index contributed by atoms with van der Waals surface area (Å²) in [4.78, 5) is 11.9. The number of aryl methyl sites for hydroxylation is 2. The van der Waals surface area contributed by atoms with Gasteiger partial charge in [-0.25, -0.2) is 9.48 Å². The van der Waals surface area contributed by atoms with Crippen LogP contribution in [0.15, 0.2) is 48.7 Å². The summed E-state index contributed by atoms with van der Waals surface area (Å²) in [6.45, 7) is 4.89. The summed E-state index contributed by atoms with van der Waals surface area (Å²) >= 11 is 0. The maximum Gasteiger partial charge on any atom is 0.319 e. The highest BCUT2D eigenvalue weighted by Gasteiger charge is 2.03. The smallest absolute Gasteiger partial charge is 0.319 e. The van der Waals surface area contributed by atoms with Crippen molar-refractivity contribution in [3.63, 3.8) is 0 Å². The fourth-order valence-electron chi connectivity index (χ4n) is 2.35. The van der Waals surface area contributed by atoms with Gasteiger partial charge in [-0.1, -0.05) is 12.1 Å². The second kappa shape index (κ2) is 8.11. The molecule has 0 fully saturated rings. The summed E-state index contributed by atoms with van der Waals surface area (Å²) in [6, 6.07) is 13.0. The van der Waals surface area contributed by atoms with Gasteiger partial charge in [0.05, 0.1) is 5.69 Å². The van der Waals surface area contributed by atoms with Gasteiger partial charge < -0.3 is 16.0 Å². The highest BCUT2D eigenvalue weighted by molar-refractivity contribution is 5.89. The number of carbonyl (C=O) groups is 1. The maximum atomic E-state index is 11.9. The quantitative estimate of drug-likeness (QED) is 0.593. The lowest BCUT2D eigenvalue weighted by molar-refractivity contribution is 0.252. The second-order valence-electron chi connectivity index (χ2n) is 5.86. The molecule has 3 N–H and O–H groups in total.